The molecule has 0 aliphatic heterocycles. The first-order chi connectivity index (χ1) is 11.5. The Morgan fingerprint density at radius 2 is 1.75 bits per heavy atom. The normalized spacial score (nSPS) is 11.5. The van der Waals surface area contributed by atoms with Gasteiger partial charge in [-0.2, -0.15) is 0 Å². The highest BCUT2D eigenvalue weighted by Gasteiger charge is 2.10. The van der Waals surface area contributed by atoms with Crippen molar-refractivity contribution in [1.29, 1.82) is 0 Å². The van der Waals surface area contributed by atoms with Crippen molar-refractivity contribution in [2.75, 3.05) is 6.54 Å². The smallest absolute Gasteiger partial charge is 0.321 e. The van der Waals surface area contributed by atoms with E-state index < -0.39 is 22.5 Å². The molecule has 7 heteroatoms. The van der Waals surface area contributed by atoms with Crippen LogP contribution in [0.3, 0.4) is 0 Å². The van der Waals surface area contributed by atoms with Crippen LogP contribution in [-0.2, 0) is 26.2 Å². The van der Waals surface area contributed by atoms with Crippen LogP contribution in [0.2, 0.25) is 0 Å². The minimum atomic E-state index is -3.71. The molecule has 0 heterocycles. The Balaban J connectivity index is 1.82. The lowest BCUT2D eigenvalue weighted by Crippen LogP contribution is -2.29. The molecule has 0 fully saturated rings. The molecule has 0 amide bonds. The molecule has 2 aromatic rings. The van der Waals surface area contributed by atoms with E-state index in [0.717, 1.165) is 21.0 Å². The van der Waals surface area contributed by atoms with Crippen LogP contribution in [0.5, 0.6) is 0 Å². The summed E-state index contributed by atoms with van der Waals surface area (Å²) in [4.78, 5) is 11.7. The fourth-order valence-electron chi connectivity index (χ4n) is 1.76. The second kappa shape index (κ2) is 8.77. The molecule has 0 aromatic heterocycles. The number of esters is 1. The average molecular weight is 410 g/mol. The van der Waals surface area contributed by atoms with Crippen molar-refractivity contribution >= 4 is 38.0 Å². The first kappa shape index (κ1) is 18.4. The highest BCUT2D eigenvalue weighted by Crippen LogP contribution is 2.16. The SMILES string of the molecule is O=C(CNS(=O)(=O)/C=C/c1ccccc1)OCc1ccccc1Br. The van der Waals surface area contributed by atoms with Gasteiger partial charge in [-0.25, -0.2) is 13.1 Å². The van der Waals surface area contributed by atoms with Gasteiger partial charge in [-0.15, -0.1) is 0 Å². The fraction of sp³-hybridized carbons (Fsp3) is 0.118. The number of carbonyl (C=O) groups excluding carboxylic acids is 1. The number of nitrogens with one attached hydrogen (secondary N) is 1. The van der Waals surface area contributed by atoms with Crippen LogP contribution in [0, 0.1) is 0 Å². The fourth-order valence-corrected chi connectivity index (χ4v) is 2.92. The standard InChI is InChI=1S/C17H16BrNO4S/c18-16-9-5-4-8-15(16)13-23-17(20)12-19-24(21,22)11-10-14-6-2-1-3-7-14/h1-11,19H,12-13H2/b11-10+. The first-order valence-corrected chi connectivity index (χ1v) is 9.42. The highest BCUT2D eigenvalue weighted by molar-refractivity contribution is 9.10. The van der Waals surface area contributed by atoms with Gasteiger partial charge in [0.05, 0.1) is 0 Å². The lowest BCUT2D eigenvalue weighted by atomic mass is 10.2. The molecule has 0 saturated carbocycles. The van der Waals surface area contributed by atoms with Gasteiger partial charge in [0, 0.05) is 15.4 Å². The maximum absolute atomic E-state index is 11.8. The van der Waals surface area contributed by atoms with E-state index in [0.29, 0.717) is 0 Å². The highest BCUT2D eigenvalue weighted by atomic mass is 79.9. The van der Waals surface area contributed by atoms with Gasteiger partial charge in [-0.05, 0) is 17.7 Å². The molecular weight excluding hydrogens is 394 g/mol. The first-order valence-electron chi connectivity index (χ1n) is 7.08. The minimum Gasteiger partial charge on any atom is -0.460 e. The van der Waals surface area contributed by atoms with E-state index in [9.17, 15) is 13.2 Å². The molecule has 5 nitrogen and oxygen atoms in total. The van der Waals surface area contributed by atoms with Crippen molar-refractivity contribution < 1.29 is 17.9 Å². The minimum absolute atomic E-state index is 0.0713. The third kappa shape index (κ3) is 6.27. The van der Waals surface area contributed by atoms with Gasteiger partial charge in [0.2, 0.25) is 10.0 Å². The Morgan fingerprint density at radius 1 is 1.08 bits per heavy atom. The molecule has 0 aliphatic rings. The number of hydrogen-bond donors (Lipinski definition) is 1. The van der Waals surface area contributed by atoms with Crippen LogP contribution in [0.15, 0.2) is 64.5 Å². The third-order valence-electron chi connectivity index (χ3n) is 3.00. The zero-order valence-corrected chi connectivity index (χ0v) is 15.1. The Morgan fingerprint density at radius 3 is 2.46 bits per heavy atom. The maximum atomic E-state index is 11.8. The predicted molar refractivity (Wildman–Crippen MR) is 96.3 cm³/mol. The van der Waals surface area contributed by atoms with E-state index in [4.69, 9.17) is 4.74 Å². The van der Waals surface area contributed by atoms with Crippen LogP contribution in [0.4, 0.5) is 0 Å². The van der Waals surface area contributed by atoms with Gasteiger partial charge in [0.1, 0.15) is 13.2 Å². The van der Waals surface area contributed by atoms with Crippen LogP contribution >= 0.6 is 15.9 Å². The van der Waals surface area contributed by atoms with Crippen LogP contribution in [0.1, 0.15) is 11.1 Å². The summed E-state index contributed by atoms with van der Waals surface area (Å²) >= 11 is 3.35. The van der Waals surface area contributed by atoms with Crippen molar-refractivity contribution in [3.63, 3.8) is 0 Å². The molecule has 2 aromatic carbocycles. The molecule has 126 valence electrons. The molecule has 0 radical (unpaired) electrons. The largest absolute Gasteiger partial charge is 0.460 e. The van der Waals surface area contributed by atoms with Crippen LogP contribution < -0.4 is 4.72 Å². The van der Waals surface area contributed by atoms with E-state index in [1.165, 1.54) is 6.08 Å². The van der Waals surface area contributed by atoms with Crippen molar-refractivity contribution in [1.82, 2.24) is 4.72 Å². The topological polar surface area (TPSA) is 72.5 Å². The van der Waals surface area contributed by atoms with Gasteiger partial charge in [-0.3, -0.25) is 4.79 Å². The summed E-state index contributed by atoms with van der Waals surface area (Å²) in [5, 5.41) is 1.02. The summed E-state index contributed by atoms with van der Waals surface area (Å²) in [5.74, 6) is -0.651. The third-order valence-corrected chi connectivity index (χ3v) is 4.82. The summed E-state index contributed by atoms with van der Waals surface area (Å²) in [6, 6.07) is 16.3. The lowest BCUT2D eigenvalue weighted by Gasteiger charge is -2.07. The van der Waals surface area contributed by atoms with Crippen molar-refractivity contribution in [3.8, 4) is 0 Å². The van der Waals surface area contributed by atoms with E-state index in [2.05, 4.69) is 20.7 Å². The van der Waals surface area contributed by atoms with E-state index in [1.807, 2.05) is 30.3 Å². The molecule has 0 aliphatic carbocycles. The van der Waals surface area contributed by atoms with Gasteiger partial charge < -0.3 is 4.74 Å². The van der Waals surface area contributed by atoms with E-state index >= 15 is 0 Å². The molecule has 2 rings (SSSR count). The number of ether oxygens (including phenoxy) is 1. The molecule has 1 N–H and O–H groups in total. The Hall–Kier alpha value is -1.96. The van der Waals surface area contributed by atoms with Gasteiger partial charge in [0.15, 0.2) is 0 Å². The van der Waals surface area contributed by atoms with Crippen LogP contribution in [0.25, 0.3) is 6.08 Å². The predicted octanol–water partition coefficient (Wildman–Crippen LogP) is 3.08. The Bertz CT molecular complexity index is 819. The zero-order valence-electron chi connectivity index (χ0n) is 12.7. The van der Waals surface area contributed by atoms with Gasteiger partial charge >= 0.3 is 5.97 Å². The summed E-state index contributed by atoms with van der Waals surface area (Å²) in [5.41, 5.74) is 1.55. The Kier molecular flexibility index (Phi) is 6.72. The monoisotopic (exact) mass is 409 g/mol. The van der Waals surface area contributed by atoms with E-state index in [1.54, 1.807) is 24.3 Å². The Labute approximate surface area is 149 Å². The molecule has 24 heavy (non-hydrogen) atoms. The quantitative estimate of drug-likeness (QED) is 0.713. The van der Waals surface area contributed by atoms with Crippen molar-refractivity contribution in [3.05, 3.63) is 75.6 Å². The number of sulfonamides is 1. The molecule has 0 bridgehead atoms. The molecule has 0 unspecified atom stereocenters. The lowest BCUT2D eigenvalue weighted by molar-refractivity contribution is -0.143. The number of halogens is 1. The summed E-state index contributed by atoms with van der Waals surface area (Å²) < 4.78 is 31.7. The molecule has 0 saturated heterocycles. The average Bonchev–Trinajstić information content (AvgIpc) is 2.59. The second-order valence-electron chi connectivity index (χ2n) is 4.83. The van der Waals surface area contributed by atoms with Gasteiger partial charge in [-0.1, -0.05) is 64.5 Å². The van der Waals surface area contributed by atoms with E-state index in [-0.39, 0.29) is 6.61 Å². The van der Waals surface area contributed by atoms with Crippen LogP contribution in [-0.4, -0.2) is 20.9 Å². The summed E-state index contributed by atoms with van der Waals surface area (Å²) in [6.45, 7) is -0.353. The maximum Gasteiger partial charge on any atom is 0.321 e. The second-order valence-corrected chi connectivity index (χ2v) is 7.34. The van der Waals surface area contributed by atoms with Crippen molar-refractivity contribution in [2.45, 2.75) is 6.61 Å². The zero-order chi connectivity index (χ0) is 17.4. The summed E-state index contributed by atoms with van der Waals surface area (Å²) in [6.07, 6.45) is 1.45. The number of rotatable bonds is 7. The van der Waals surface area contributed by atoms with Gasteiger partial charge in [0.25, 0.3) is 0 Å². The number of benzene rings is 2. The summed E-state index contributed by atoms with van der Waals surface area (Å²) in [7, 11) is -3.71. The molecule has 0 spiro atoms. The molecule has 0 atom stereocenters. The number of carbonyl (C=O) groups is 1. The molecular formula is C17H16BrNO4S. The number of hydrogen-bond acceptors (Lipinski definition) is 4. The van der Waals surface area contributed by atoms with Crippen molar-refractivity contribution in [2.24, 2.45) is 0 Å².